The van der Waals surface area contributed by atoms with Crippen LogP contribution in [0.1, 0.15) is 28.7 Å². The number of carbonyl (C=O) groups excluding carboxylic acids is 1. The van der Waals surface area contributed by atoms with E-state index in [1.165, 1.54) is 6.07 Å². The van der Waals surface area contributed by atoms with E-state index in [1.54, 1.807) is 14.2 Å². The Morgan fingerprint density at radius 1 is 1.09 bits per heavy atom. The van der Waals surface area contributed by atoms with E-state index < -0.39 is 5.63 Å². The van der Waals surface area contributed by atoms with Crippen LogP contribution in [0.2, 0.25) is 0 Å². The van der Waals surface area contributed by atoms with Crippen LogP contribution in [0.4, 0.5) is 0 Å². The minimum absolute atomic E-state index is 0.221. The van der Waals surface area contributed by atoms with E-state index in [0.717, 1.165) is 46.4 Å². The van der Waals surface area contributed by atoms with Gasteiger partial charge in [0.25, 0.3) is 0 Å². The molecule has 0 spiro atoms. The van der Waals surface area contributed by atoms with Crippen LogP contribution in [0.3, 0.4) is 0 Å². The van der Waals surface area contributed by atoms with Gasteiger partial charge in [-0.2, -0.15) is 0 Å². The van der Waals surface area contributed by atoms with Gasteiger partial charge in [-0.25, -0.2) is 4.79 Å². The molecule has 0 amide bonds. The Bertz CT molecular complexity index is 1250. The first-order valence-electron chi connectivity index (χ1n) is 11.7. The summed E-state index contributed by atoms with van der Waals surface area (Å²) >= 11 is 0. The Morgan fingerprint density at radius 3 is 2.71 bits per heavy atom. The highest BCUT2D eigenvalue weighted by Crippen LogP contribution is 2.37. The van der Waals surface area contributed by atoms with E-state index in [9.17, 15) is 9.59 Å². The third-order valence-corrected chi connectivity index (χ3v) is 6.18. The predicted octanol–water partition coefficient (Wildman–Crippen LogP) is 3.63. The molecule has 0 N–H and O–H groups in total. The van der Waals surface area contributed by atoms with Crippen molar-refractivity contribution in [2.24, 2.45) is 0 Å². The SMILES string of the molecule is COCCOC(=O)CCc1cc2c(C)cc(=O)oc2c2c1OCN(CCc1ccccc1OC)C2. The summed E-state index contributed by atoms with van der Waals surface area (Å²) < 4.78 is 27.4. The molecular formula is C27H31NO7. The van der Waals surface area contributed by atoms with Crippen molar-refractivity contribution in [1.82, 2.24) is 4.90 Å². The van der Waals surface area contributed by atoms with E-state index in [-0.39, 0.29) is 19.0 Å². The number of ether oxygens (including phenoxy) is 4. The van der Waals surface area contributed by atoms with Crippen LogP contribution in [0.5, 0.6) is 11.5 Å². The first-order valence-corrected chi connectivity index (χ1v) is 11.7. The largest absolute Gasteiger partial charge is 0.496 e. The van der Waals surface area contributed by atoms with Crippen LogP contribution >= 0.6 is 0 Å². The summed E-state index contributed by atoms with van der Waals surface area (Å²) in [5.41, 5.74) is 3.83. The van der Waals surface area contributed by atoms with Crippen LogP contribution in [-0.4, -0.2) is 51.6 Å². The van der Waals surface area contributed by atoms with E-state index in [4.69, 9.17) is 23.4 Å². The quantitative estimate of drug-likeness (QED) is 0.247. The molecule has 8 nitrogen and oxygen atoms in total. The minimum atomic E-state index is -0.391. The maximum atomic E-state index is 12.2. The number of hydrogen-bond acceptors (Lipinski definition) is 8. The maximum absolute atomic E-state index is 12.2. The summed E-state index contributed by atoms with van der Waals surface area (Å²) in [7, 11) is 3.23. The fourth-order valence-corrected chi connectivity index (χ4v) is 4.37. The molecule has 2 heterocycles. The lowest BCUT2D eigenvalue weighted by atomic mass is 9.97. The molecule has 0 fully saturated rings. The van der Waals surface area contributed by atoms with Crippen molar-refractivity contribution < 1.29 is 28.2 Å². The lowest BCUT2D eigenvalue weighted by molar-refractivity contribution is -0.144. The molecule has 4 rings (SSSR count). The first kappa shape index (κ1) is 24.8. The summed E-state index contributed by atoms with van der Waals surface area (Å²) in [5.74, 6) is 1.25. The summed E-state index contributed by atoms with van der Waals surface area (Å²) in [4.78, 5) is 26.5. The summed E-state index contributed by atoms with van der Waals surface area (Å²) in [6, 6.07) is 11.4. The number of rotatable bonds is 10. The highest BCUT2D eigenvalue weighted by molar-refractivity contribution is 5.86. The Morgan fingerprint density at radius 2 is 1.91 bits per heavy atom. The van der Waals surface area contributed by atoms with E-state index >= 15 is 0 Å². The predicted molar refractivity (Wildman–Crippen MR) is 131 cm³/mol. The van der Waals surface area contributed by atoms with Gasteiger partial charge in [0.05, 0.1) is 19.3 Å². The number of carbonyl (C=O) groups is 1. The first-order chi connectivity index (χ1) is 17.0. The summed E-state index contributed by atoms with van der Waals surface area (Å²) in [6.45, 7) is 4.19. The van der Waals surface area contributed by atoms with Crippen molar-refractivity contribution in [2.75, 3.05) is 40.7 Å². The maximum Gasteiger partial charge on any atom is 0.336 e. The second-order valence-corrected chi connectivity index (χ2v) is 8.57. The minimum Gasteiger partial charge on any atom is -0.496 e. The van der Waals surface area contributed by atoms with Crippen LogP contribution < -0.4 is 15.1 Å². The van der Waals surface area contributed by atoms with Gasteiger partial charge >= 0.3 is 11.6 Å². The van der Waals surface area contributed by atoms with Crippen molar-refractivity contribution in [3.05, 3.63) is 69.1 Å². The molecule has 3 aromatic rings. The van der Waals surface area contributed by atoms with Crippen LogP contribution in [-0.2, 0) is 33.7 Å². The zero-order valence-electron chi connectivity index (χ0n) is 20.4. The monoisotopic (exact) mass is 481 g/mol. The fraction of sp³-hybridized carbons (Fsp3) is 0.407. The highest BCUT2D eigenvalue weighted by atomic mass is 16.6. The standard InChI is InChI=1S/C27H31NO7/c1-18-14-25(30)35-27-21(18)15-20(8-9-24(29)33-13-12-31-2)26-22(27)16-28(17-34-26)11-10-19-6-4-5-7-23(19)32-3/h4-7,14-15H,8-13,16-17H2,1-3H3. The molecular weight excluding hydrogens is 450 g/mol. The van der Waals surface area contributed by atoms with Gasteiger partial charge in [-0.05, 0) is 48.6 Å². The van der Waals surface area contributed by atoms with Gasteiger partial charge in [0.2, 0.25) is 0 Å². The number of para-hydroxylation sites is 1. The van der Waals surface area contributed by atoms with E-state index in [2.05, 4.69) is 11.0 Å². The molecule has 0 saturated heterocycles. The molecule has 0 saturated carbocycles. The van der Waals surface area contributed by atoms with Gasteiger partial charge in [0.1, 0.15) is 30.4 Å². The van der Waals surface area contributed by atoms with Crippen molar-refractivity contribution in [2.45, 2.75) is 32.7 Å². The zero-order chi connectivity index (χ0) is 24.8. The topological polar surface area (TPSA) is 87.4 Å². The number of aryl methyl sites for hydroxylation is 2. The molecule has 1 aliphatic rings. The average Bonchev–Trinajstić information content (AvgIpc) is 2.86. The van der Waals surface area contributed by atoms with Gasteiger partial charge in [-0.3, -0.25) is 9.69 Å². The van der Waals surface area contributed by atoms with Gasteiger partial charge < -0.3 is 23.4 Å². The van der Waals surface area contributed by atoms with Gasteiger partial charge in [0.15, 0.2) is 0 Å². The van der Waals surface area contributed by atoms with Gasteiger partial charge in [-0.15, -0.1) is 0 Å². The molecule has 1 aromatic heterocycles. The van der Waals surface area contributed by atoms with Crippen molar-refractivity contribution in [3.8, 4) is 11.5 Å². The second kappa shape index (κ2) is 11.4. The number of esters is 1. The van der Waals surface area contributed by atoms with Crippen molar-refractivity contribution in [1.29, 1.82) is 0 Å². The van der Waals surface area contributed by atoms with Crippen LogP contribution in [0.15, 0.2) is 45.6 Å². The van der Waals surface area contributed by atoms with E-state index in [1.807, 2.05) is 31.2 Å². The van der Waals surface area contributed by atoms with Gasteiger partial charge in [-0.1, -0.05) is 18.2 Å². The molecule has 0 unspecified atom stereocenters. The highest BCUT2D eigenvalue weighted by Gasteiger charge is 2.25. The summed E-state index contributed by atoms with van der Waals surface area (Å²) in [5, 5.41) is 0.848. The van der Waals surface area contributed by atoms with Crippen LogP contribution in [0.25, 0.3) is 11.0 Å². The molecule has 0 bridgehead atoms. The average molecular weight is 482 g/mol. The van der Waals surface area contributed by atoms with E-state index in [0.29, 0.717) is 37.6 Å². The lowest BCUT2D eigenvalue weighted by Gasteiger charge is -2.31. The molecule has 8 heteroatoms. The Kier molecular flexibility index (Phi) is 8.05. The third-order valence-electron chi connectivity index (χ3n) is 6.18. The number of fused-ring (bicyclic) bond motifs is 3. The summed E-state index contributed by atoms with van der Waals surface area (Å²) in [6.07, 6.45) is 1.47. The normalized spacial score (nSPS) is 13.3. The molecule has 2 aromatic carbocycles. The van der Waals surface area contributed by atoms with Crippen LogP contribution in [0, 0.1) is 6.92 Å². The number of nitrogens with zero attached hydrogens (tertiary/aromatic N) is 1. The lowest BCUT2D eigenvalue weighted by Crippen LogP contribution is -2.34. The molecule has 35 heavy (non-hydrogen) atoms. The smallest absolute Gasteiger partial charge is 0.336 e. The Labute approximate surface area is 204 Å². The Hall–Kier alpha value is -3.36. The molecule has 0 aliphatic carbocycles. The third kappa shape index (κ3) is 5.83. The van der Waals surface area contributed by atoms with Crippen molar-refractivity contribution in [3.63, 3.8) is 0 Å². The number of methoxy groups -OCH3 is 2. The number of hydrogen-bond donors (Lipinski definition) is 0. The molecule has 0 radical (unpaired) electrons. The second-order valence-electron chi connectivity index (χ2n) is 8.57. The number of benzene rings is 2. The molecule has 0 atom stereocenters. The van der Waals surface area contributed by atoms with Gasteiger partial charge in [0, 0.05) is 38.1 Å². The fourth-order valence-electron chi connectivity index (χ4n) is 4.37. The Balaban J connectivity index is 1.58. The molecule has 1 aliphatic heterocycles. The zero-order valence-corrected chi connectivity index (χ0v) is 20.4. The molecule has 186 valence electrons. The van der Waals surface area contributed by atoms with Crippen molar-refractivity contribution >= 4 is 16.9 Å².